The zero-order chi connectivity index (χ0) is 13.5. The molecule has 5 nitrogen and oxygen atoms in total. The molecule has 1 rings (SSSR count). The highest BCUT2D eigenvalue weighted by molar-refractivity contribution is 5.85. The van der Waals surface area contributed by atoms with Crippen LogP contribution < -0.4 is 11.1 Å². The molecule has 0 saturated heterocycles. The number of anilines is 1. The lowest BCUT2D eigenvalue weighted by atomic mass is 10.1. The number of nitrogens with one attached hydrogen (secondary N) is 1. The molecule has 0 aliphatic rings. The van der Waals surface area contributed by atoms with Gasteiger partial charge in [0.25, 0.3) is 0 Å². The fourth-order valence-corrected chi connectivity index (χ4v) is 1.53. The van der Waals surface area contributed by atoms with E-state index in [9.17, 15) is 9.59 Å². The van der Waals surface area contributed by atoms with Crippen LogP contribution in [0.4, 0.5) is 5.69 Å². The number of nitrogen functional groups attached to an aromatic ring is 1. The number of esters is 1. The molecular weight excluding hydrogens is 268 g/mol. The van der Waals surface area contributed by atoms with E-state index in [-0.39, 0.29) is 43.2 Å². The van der Waals surface area contributed by atoms with Crippen LogP contribution in [-0.2, 0) is 20.7 Å². The van der Waals surface area contributed by atoms with Gasteiger partial charge < -0.3 is 15.8 Å². The van der Waals surface area contributed by atoms with Crippen LogP contribution in [0.1, 0.15) is 18.9 Å². The van der Waals surface area contributed by atoms with E-state index >= 15 is 0 Å². The molecule has 1 aromatic rings. The van der Waals surface area contributed by atoms with Crippen molar-refractivity contribution in [1.29, 1.82) is 0 Å². The van der Waals surface area contributed by atoms with E-state index < -0.39 is 0 Å². The zero-order valence-corrected chi connectivity index (χ0v) is 11.8. The van der Waals surface area contributed by atoms with Gasteiger partial charge in [-0.2, -0.15) is 0 Å². The predicted octanol–water partition coefficient (Wildman–Crippen LogP) is 1.30. The number of benzene rings is 1. The molecule has 1 aromatic carbocycles. The van der Waals surface area contributed by atoms with Gasteiger partial charge in [0, 0.05) is 11.7 Å². The topological polar surface area (TPSA) is 81.4 Å². The minimum atomic E-state index is -0.338. The van der Waals surface area contributed by atoms with Crippen molar-refractivity contribution >= 4 is 30.0 Å². The molecule has 1 unspecified atom stereocenters. The van der Waals surface area contributed by atoms with E-state index in [0.29, 0.717) is 5.69 Å². The van der Waals surface area contributed by atoms with Crippen LogP contribution in [0.25, 0.3) is 0 Å². The van der Waals surface area contributed by atoms with Crippen molar-refractivity contribution in [2.24, 2.45) is 0 Å². The summed E-state index contributed by atoms with van der Waals surface area (Å²) in [6.45, 7) is 1.76. The molecule has 1 amide bonds. The summed E-state index contributed by atoms with van der Waals surface area (Å²) in [7, 11) is 1.32. The van der Waals surface area contributed by atoms with Crippen LogP contribution in [0.15, 0.2) is 24.3 Å². The molecular formula is C13H19ClN2O3. The zero-order valence-electron chi connectivity index (χ0n) is 11.0. The van der Waals surface area contributed by atoms with Gasteiger partial charge in [0.15, 0.2) is 0 Å². The highest BCUT2D eigenvalue weighted by atomic mass is 35.5. The molecule has 0 spiro atoms. The first-order valence-corrected chi connectivity index (χ1v) is 5.72. The highest BCUT2D eigenvalue weighted by Crippen LogP contribution is 2.06. The number of hydrogen-bond acceptors (Lipinski definition) is 4. The summed E-state index contributed by atoms with van der Waals surface area (Å²) in [5.74, 6) is -0.466. The second kappa shape index (κ2) is 8.37. The van der Waals surface area contributed by atoms with Gasteiger partial charge in [0.1, 0.15) is 0 Å². The Morgan fingerprint density at radius 2 is 1.89 bits per heavy atom. The number of halogens is 1. The Morgan fingerprint density at radius 1 is 1.32 bits per heavy atom. The van der Waals surface area contributed by atoms with Crippen LogP contribution >= 0.6 is 12.4 Å². The molecule has 1 atom stereocenters. The molecule has 0 aliphatic carbocycles. The summed E-state index contributed by atoms with van der Waals surface area (Å²) >= 11 is 0. The smallest absolute Gasteiger partial charge is 0.307 e. The third-order valence-electron chi connectivity index (χ3n) is 2.45. The molecule has 0 radical (unpaired) electrons. The maximum absolute atomic E-state index is 11.7. The molecule has 6 heteroatoms. The molecule has 3 N–H and O–H groups in total. The summed E-state index contributed by atoms with van der Waals surface area (Å²) in [6, 6.07) is 6.87. The average molecular weight is 287 g/mol. The standard InChI is InChI=1S/C13H18N2O3.ClH/c1-9(7-13(17)18-2)15-12(16)8-10-3-5-11(14)6-4-10;/h3-6,9H,7-8,14H2,1-2H3,(H,15,16);1H. The van der Waals surface area contributed by atoms with Crippen molar-refractivity contribution in [2.45, 2.75) is 25.8 Å². The van der Waals surface area contributed by atoms with Gasteiger partial charge in [0.2, 0.25) is 5.91 Å². The van der Waals surface area contributed by atoms with Crippen molar-refractivity contribution in [3.8, 4) is 0 Å². The molecule has 106 valence electrons. The molecule has 19 heavy (non-hydrogen) atoms. The van der Waals surface area contributed by atoms with E-state index in [2.05, 4.69) is 10.1 Å². The summed E-state index contributed by atoms with van der Waals surface area (Å²) in [4.78, 5) is 22.7. The Hall–Kier alpha value is -1.75. The number of ether oxygens (including phenoxy) is 1. The van der Waals surface area contributed by atoms with Crippen LogP contribution in [0.5, 0.6) is 0 Å². The minimum absolute atomic E-state index is 0. The molecule has 0 heterocycles. The molecule has 0 bridgehead atoms. The van der Waals surface area contributed by atoms with Crippen molar-refractivity contribution in [3.63, 3.8) is 0 Å². The van der Waals surface area contributed by atoms with E-state index in [0.717, 1.165) is 5.56 Å². The van der Waals surface area contributed by atoms with Crippen molar-refractivity contribution < 1.29 is 14.3 Å². The maximum Gasteiger partial charge on any atom is 0.307 e. The van der Waals surface area contributed by atoms with E-state index in [1.807, 2.05) is 0 Å². The van der Waals surface area contributed by atoms with Crippen LogP contribution in [0, 0.1) is 0 Å². The Labute approximate surface area is 118 Å². The summed E-state index contributed by atoms with van der Waals surface area (Å²) < 4.78 is 4.53. The summed E-state index contributed by atoms with van der Waals surface area (Å²) in [5, 5.41) is 2.74. The lowest BCUT2D eigenvalue weighted by molar-refractivity contribution is -0.141. The van der Waals surface area contributed by atoms with Crippen LogP contribution in [-0.4, -0.2) is 25.0 Å². The Morgan fingerprint density at radius 3 is 2.42 bits per heavy atom. The van der Waals surface area contributed by atoms with Crippen molar-refractivity contribution in [1.82, 2.24) is 5.32 Å². The van der Waals surface area contributed by atoms with Gasteiger partial charge in [-0.25, -0.2) is 0 Å². The number of amides is 1. The lowest BCUT2D eigenvalue weighted by Gasteiger charge is -2.12. The molecule has 0 saturated carbocycles. The quantitative estimate of drug-likeness (QED) is 0.631. The molecule has 0 aliphatic heterocycles. The first-order valence-electron chi connectivity index (χ1n) is 5.72. The molecule has 0 aromatic heterocycles. The first-order chi connectivity index (χ1) is 8.51. The fraction of sp³-hybridized carbons (Fsp3) is 0.385. The van der Waals surface area contributed by atoms with Crippen molar-refractivity contribution in [3.05, 3.63) is 29.8 Å². The van der Waals surface area contributed by atoms with Gasteiger partial charge in [-0.1, -0.05) is 12.1 Å². The summed E-state index contributed by atoms with van der Waals surface area (Å²) in [5.41, 5.74) is 7.10. The van der Waals surface area contributed by atoms with Gasteiger partial charge in [-0.15, -0.1) is 12.4 Å². The predicted molar refractivity (Wildman–Crippen MR) is 76.0 cm³/mol. The van der Waals surface area contributed by atoms with E-state index in [1.165, 1.54) is 7.11 Å². The van der Waals surface area contributed by atoms with Crippen LogP contribution in [0.3, 0.4) is 0 Å². The minimum Gasteiger partial charge on any atom is -0.469 e. The number of carbonyl (C=O) groups excluding carboxylic acids is 2. The number of nitrogens with two attached hydrogens (primary N) is 1. The maximum atomic E-state index is 11.7. The summed E-state index contributed by atoms with van der Waals surface area (Å²) in [6.07, 6.45) is 0.440. The van der Waals surface area contributed by atoms with E-state index in [4.69, 9.17) is 5.73 Å². The second-order valence-corrected chi connectivity index (χ2v) is 4.17. The number of methoxy groups -OCH3 is 1. The second-order valence-electron chi connectivity index (χ2n) is 4.17. The first kappa shape index (κ1) is 17.2. The highest BCUT2D eigenvalue weighted by Gasteiger charge is 2.12. The van der Waals surface area contributed by atoms with Crippen LogP contribution in [0.2, 0.25) is 0 Å². The van der Waals surface area contributed by atoms with Gasteiger partial charge in [0.05, 0.1) is 20.0 Å². The largest absolute Gasteiger partial charge is 0.469 e. The third-order valence-corrected chi connectivity index (χ3v) is 2.45. The number of rotatable bonds is 5. The third kappa shape index (κ3) is 6.67. The number of hydrogen-bond donors (Lipinski definition) is 2. The Bertz CT molecular complexity index is 420. The monoisotopic (exact) mass is 286 g/mol. The number of carbonyl (C=O) groups is 2. The van der Waals surface area contributed by atoms with Crippen molar-refractivity contribution in [2.75, 3.05) is 12.8 Å². The normalized spacial score (nSPS) is 11.1. The average Bonchev–Trinajstić information content (AvgIpc) is 2.31. The van der Waals surface area contributed by atoms with Gasteiger partial charge >= 0.3 is 5.97 Å². The molecule has 0 fully saturated rings. The van der Waals surface area contributed by atoms with E-state index in [1.54, 1.807) is 31.2 Å². The SMILES string of the molecule is COC(=O)CC(C)NC(=O)Cc1ccc(N)cc1.Cl. The lowest BCUT2D eigenvalue weighted by Crippen LogP contribution is -2.35. The Kier molecular flexibility index (Phi) is 7.60. The van der Waals surface area contributed by atoms with Gasteiger partial charge in [-0.05, 0) is 24.6 Å². The Balaban J connectivity index is 0.00000324. The fourth-order valence-electron chi connectivity index (χ4n) is 1.53. The van der Waals surface area contributed by atoms with Gasteiger partial charge in [-0.3, -0.25) is 9.59 Å².